The van der Waals surface area contributed by atoms with Crippen LogP contribution < -0.4 is 10.6 Å². The fourth-order valence-electron chi connectivity index (χ4n) is 2.84. The maximum Gasteiger partial charge on any atom is 0.191 e. The summed E-state index contributed by atoms with van der Waals surface area (Å²) in [7, 11) is 0. The van der Waals surface area contributed by atoms with Gasteiger partial charge in [0.15, 0.2) is 5.96 Å². The molecule has 0 aromatic carbocycles. The average molecular weight is 494 g/mol. The smallest absolute Gasteiger partial charge is 0.191 e. The lowest BCUT2D eigenvalue weighted by Crippen LogP contribution is -2.43. The number of nitrogens with one attached hydrogen (secondary N) is 2. The maximum atomic E-state index is 6.02. The molecule has 1 atom stereocenters. The second kappa shape index (κ2) is 9.32. The fraction of sp³-hybridized carbons (Fsp3) is 0.529. The van der Waals surface area contributed by atoms with Crippen LogP contribution in [0.1, 0.15) is 32.4 Å². The largest absolute Gasteiger partial charge is 0.357 e. The SMILES string of the molecule is CCNC(=NCc1cn2cc(Cl)ccc2n1)NCC1(C)CCCS1.I. The van der Waals surface area contributed by atoms with Crippen molar-refractivity contribution in [2.24, 2.45) is 4.99 Å². The highest BCUT2D eigenvalue weighted by Gasteiger charge is 2.29. The molecular formula is C17H25ClIN5S. The van der Waals surface area contributed by atoms with E-state index >= 15 is 0 Å². The van der Waals surface area contributed by atoms with Gasteiger partial charge >= 0.3 is 0 Å². The fourth-order valence-corrected chi connectivity index (χ4v) is 4.25. The Bertz CT molecular complexity index is 727. The van der Waals surface area contributed by atoms with Crippen molar-refractivity contribution in [3.05, 3.63) is 35.2 Å². The molecule has 2 N–H and O–H groups in total. The van der Waals surface area contributed by atoms with Gasteiger partial charge in [0.2, 0.25) is 0 Å². The lowest BCUT2D eigenvalue weighted by molar-refractivity contribution is 0.584. The molecule has 2 aromatic rings. The molecule has 2 aromatic heterocycles. The summed E-state index contributed by atoms with van der Waals surface area (Å²) in [5, 5.41) is 7.49. The Morgan fingerprint density at radius 1 is 1.40 bits per heavy atom. The van der Waals surface area contributed by atoms with Crippen molar-refractivity contribution in [3.8, 4) is 0 Å². The molecule has 3 rings (SSSR count). The Kier molecular flexibility index (Phi) is 7.69. The molecule has 0 saturated carbocycles. The van der Waals surface area contributed by atoms with Crippen LogP contribution in [-0.2, 0) is 6.54 Å². The van der Waals surface area contributed by atoms with Gasteiger partial charge in [-0.2, -0.15) is 11.8 Å². The number of hydrogen-bond donors (Lipinski definition) is 2. The zero-order valence-electron chi connectivity index (χ0n) is 14.6. The summed E-state index contributed by atoms with van der Waals surface area (Å²) in [6.45, 7) is 6.72. The summed E-state index contributed by atoms with van der Waals surface area (Å²) in [5.74, 6) is 2.11. The van der Waals surface area contributed by atoms with Crippen molar-refractivity contribution >= 4 is 58.9 Å². The van der Waals surface area contributed by atoms with E-state index in [2.05, 4.69) is 46.2 Å². The van der Waals surface area contributed by atoms with Crippen LogP contribution in [0.4, 0.5) is 0 Å². The molecule has 0 aliphatic carbocycles. The molecule has 3 heterocycles. The minimum atomic E-state index is 0. The Labute approximate surface area is 175 Å². The molecule has 1 fully saturated rings. The van der Waals surface area contributed by atoms with E-state index in [9.17, 15) is 0 Å². The first-order chi connectivity index (χ1) is 11.6. The predicted octanol–water partition coefficient (Wildman–Crippen LogP) is 3.95. The van der Waals surface area contributed by atoms with E-state index < -0.39 is 0 Å². The van der Waals surface area contributed by atoms with Crippen LogP contribution in [0, 0.1) is 0 Å². The number of guanidine groups is 1. The van der Waals surface area contributed by atoms with E-state index in [1.54, 1.807) is 0 Å². The number of nitrogens with zero attached hydrogens (tertiary/aromatic N) is 3. The number of rotatable bonds is 5. The molecule has 5 nitrogen and oxygen atoms in total. The standard InChI is InChI=1S/C17H24ClN5S.HI/c1-3-19-16(21-12-17(2)7-4-8-24-17)20-9-14-11-23-10-13(18)5-6-15(23)22-14;/h5-6,10-11H,3-4,7-9,12H2,1-2H3,(H2,19,20,21);1H. The van der Waals surface area contributed by atoms with E-state index in [4.69, 9.17) is 11.6 Å². The number of aromatic nitrogens is 2. The molecule has 0 amide bonds. The van der Waals surface area contributed by atoms with Crippen LogP contribution in [0.3, 0.4) is 0 Å². The van der Waals surface area contributed by atoms with Crippen LogP contribution in [0.25, 0.3) is 5.65 Å². The van der Waals surface area contributed by atoms with Crippen molar-refractivity contribution in [1.29, 1.82) is 0 Å². The van der Waals surface area contributed by atoms with Crippen LogP contribution in [0.15, 0.2) is 29.5 Å². The molecule has 1 unspecified atom stereocenters. The Hall–Kier alpha value is -0.670. The Morgan fingerprint density at radius 3 is 2.96 bits per heavy atom. The summed E-state index contributed by atoms with van der Waals surface area (Å²) in [5.41, 5.74) is 1.81. The highest BCUT2D eigenvalue weighted by molar-refractivity contribution is 14.0. The monoisotopic (exact) mass is 493 g/mol. The predicted molar refractivity (Wildman–Crippen MR) is 119 cm³/mol. The average Bonchev–Trinajstić information content (AvgIpc) is 3.16. The van der Waals surface area contributed by atoms with Gasteiger partial charge in [-0.15, -0.1) is 24.0 Å². The first kappa shape index (κ1) is 20.6. The van der Waals surface area contributed by atoms with Crippen LogP contribution in [0.2, 0.25) is 5.02 Å². The minimum Gasteiger partial charge on any atom is -0.357 e. The van der Waals surface area contributed by atoms with Gasteiger partial charge in [-0.3, -0.25) is 0 Å². The molecule has 0 radical (unpaired) electrons. The lowest BCUT2D eigenvalue weighted by atomic mass is 10.1. The third-order valence-corrected chi connectivity index (χ3v) is 5.90. The van der Waals surface area contributed by atoms with Gasteiger partial charge < -0.3 is 15.0 Å². The maximum absolute atomic E-state index is 6.02. The van der Waals surface area contributed by atoms with Crippen molar-refractivity contribution in [2.75, 3.05) is 18.8 Å². The first-order valence-corrected chi connectivity index (χ1v) is 9.74. The van der Waals surface area contributed by atoms with E-state index in [-0.39, 0.29) is 24.0 Å². The number of hydrogen-bond acceptors (Lipinski definition) is 3. The zero-order chi connectivity index (χ0) is 17.0. The van der Waals surface area contributed by atoms with Crippen molar-refractivity contribution in [3.63, 3.8) is 0 Å². The topological polar surface area (TPSA) is 53.7 Å². The van der Waals surface area contributed by atoms with Crippen LogP contribution >= 0.6 is 47.3 Å². The molecule has 0 bridgehead atoms. The highest BCUT2D eigenvalue weighted by Crippen LogP contribution is 2.36. The second-order valence-corrected chi connectivity index (χ2v) is 8.41. The van der Waals surface area contributed by atoms with Gasteiger partial charge in [0.05, 0.1) is 17.3 Å². The molecule has 0 spiro atoms. The number of aliphatic imine (C=N–C) groups is 1. The third-order valence-electron chi connectivity index (χ3n) is 4.14. The van der Waals surface area contributed by atoms with Gasteiger partial charge in [0.25, 0.3) is 0 Å². The summed E-state index contributed by atoms with van der Waals surface area (Å²) >= 11 is 8.07. The van der Waals surface area contributed by atoms with Crippen molar-refractivity contribution < 1.29 is 0 Å². The van der Waals surface area contributed by atoms with E-state index in [0.717, 1.165) is 30.4 Å². The molecule has 138 valence electrons. The molecule has 25 heavy (non-hydrogen) atoms. The van der Waals surface area contributed by atoms with E-state index in [0.29, 0.717) is 16.3 Å². The first-order valence-electron chi connectivity index (χ1n) is 8.37. The second-order valence-electron chi connectivity index (χ2n) is 6.30. The van der Waals surface area contributed by atoms with Gasteiger partial charge in [-0.25, -0.2) is 9.98 Å². The van der Waals surface area contributed by atoms with E-state index in [1.165, 1.54) is 18.6 Å². The Balaban J connectivity index is 0.00000225. The van der Waals surface area contributed by atoms with Gasteiger partial charge in [0, 0.05) is 30.2 Å². The summed E-state index contributed by atoms with van der Waals surface area (Å²) in [4.78, 5) is 9.24. The summed E-state index contributed by atoms with van der Waals surface area (Å²) in [6, 6.07) is 3.76. The quantitative estimate of drug-likeness (QED) is 0.376. The molecule has 1 aliphatic rings. The molecule has 1 aliphatic heterocycles. The minimum absolute atomic E-state index is 0. The zero-order valence-corrected chi connectivity index (χ0v) is 18.5. The summed E-state index contributed by atoms with van der Waals surface area (Å²) < 4.78 is 2.25. The third kappa shape index (κ3) is 5.65. The summed E-state index contributed by atoms with van der Waals surface area (Å²) in [6.07, 6.45) is 6.40. The number of halogens is 2. The van der Waals surface area contributed by atoms with Gasteiger partial charge in [0.1, 0.15) is 5.65 Å². The van der Waals surface area contributed by atoms with Crippen molar-refractivity contribution in [2.45, 2.75) is 38.0 Å². The Morgan fingerprint density at radius 2 is 2.24 bits per heavy atom. The van der Waals surface area contributed by atoms with Crippen LogP contribution in [-0.4, -0.2) is 38.9 Å². The van der Waals surface area contributed by atoms with Gasteiger partial charge in [-0.05, 0) is 44.6 Å². The highest BCUT2D eigenvalue weighted by atomic mass is 127. The van der Waals surface area contributed by atoms with Gasteiger partial charge in [-0.1, -0.05) is 11.6 Å². The molecule has 8 heteroatoms. The normalized spacial score (nSPS) is 20.5. The number of pyridine rings is 1. The van der Waals surface area contributed by atoms with E-state index in [1.807, 2.05) is 28.9 Å². The number of imidazole rings is 1. The molecule has 1 saturated heterocycles. The number of fused-ring (bicyclic) bond motifs is 1. The van der Waals surface area contributed by atoms with Crippen LogP contribution in [0.5, 0.6) is 0 Å². The van der Waals surface area contributed by atoms with Crippen molar-refractivity contribution in [1.82, 2.24) is 20.0 Å². The molecular weight excluding hydrogens is 469 g/mol. The lowest BCUT2D eigenvalue weighted by Gasteiger charge is -2.24. The number of thioether (sulfide) groups is 1.